The molecular weight excluding hydrogens is 310 g/mol. The number of amides is 1. The van der Waals surface area contributed by atoms with Crippen molar-refractivity contribution in [1.29, 1.82) is 0 Å². The molecule has 1 aliphatic rings. The Labute approximate surface area is 139 Å². The smallest absolute Gasteiger partial charge is 0.261 e. The molecule has 124 valence electrons. The Morgan fingerprint density at radius 2 is 2.04 bits per heavy atom. The third kappa shape index (κ3) is 2.92. The van der Waals surface area contributed by atoms with Gasteiger partial charge in [-0.15, -0.1) is 11.3 Å². The molecule has 3 unspecified atom stereocenters. The monoisotopic (exact) mass is 333 g/mol. The summed E-state index contributed by atoms with van der Waals surface area (Å²) in [5.74, 6) is 1.61. The Hall–Kier alpha value is -1.69. The molecule has 1 fully saturated rings. The first-order valence-corrected chi connectivity index (χ1v) is 9.01. The quantitative estimate of drug-likeness (QED) is 0.886. The molecule has 1 saturated carbocycles. The van der Waals surface area contributed by atoms with Crippen LogP contribution in [0.25, 0.3) is 10.2 Å². The first-order valence-electron chi connectivity index (χ1n) is 8.19. The summed E-state index contributed by atoms with van der Waals surface area (Å²) in [5, 5.41) is 3.72. The molecule has 0 aliphatic heterocycles. The molecule has 0 aromatic carbocycles. The molecular formula is C17H23N3O2S. The summed E-state index contributed by atoms with van der Waals surface area (Å²) in [7, 11) is 0. The van der Waals surface area contributed by atoms with Crippen LogP contribution in [0.15, 0.2) is 4.79 Å². The number of hydrogen-bond acceptors (Lipinski definition) is 4. The van der Waals surface area contributed by atoms with Crippen molar-refractivity contribution in [3.05, 3.63) is 26.6 Å². The van der Waals surface area contributed by atoms with Gasteiger partial charge >= 0.3 is 0 Å². The van der Waals surface area contributed by atoms with Gasteiger partial charge in [-0.1, -0.05) is 26.7 Å². The normalized spacial score (nSPS) is 24.8. The fraction of sp³-hybridized carbons (Fsp3) is 0.588. The SMILES string of the molecule is Cc1nc2sc(C(=O)NC3CCCC(C)C3C)c(C)c2c(=O)[nH]1. The lowest BCUT2D eigenvalue weighted by Crippen LogP contribution is -2.43. The third-order valence-electron chi connectivity index (χ3n) is 5.15. The number of thiophene rings is 1. The van der Waals surface area contributed by atoms with E-state index in [-0.39, 0.29) is 17.5 Å². The van der Waals surface area contributed by atoms with Gasteiger partial charge in [0.2, 0.25) is 0 Å². The minimum absolute atomic E-state index is 0.0755. The number of rotatable bonds is 2. The van der Waals surface area contributed by atoms with E-state index in [1.54, 1.807) is 6.92 Å². The molecule has 3 rings (SSSR count). The second-order valence-corrected chi connectivity index (χ2v) is 7.73. The highest BCUT2D eigenvalue weighted by atomic mass is 32.1. The van der Waals surface area contributed by atoms with Crippen LogP contribution in [0.1, 0.15) is 54.2 Å². The molecule has 2 aromatic rings. The molecule has 3 atom stereocenters. The Bertz CT molecular complexity index is 808. The summed E-state index contributed by atoms with van der Waals surface area (Å²) in [4.78, 5) is 33.1. The lowest BCUT2D eigenvalue weighted by atomic mass is 9.78. The Kier molecular flexibility index (Phi) is 4.27. The zero-order chi connectivity index (χ0) is 16.7. The number of aryl methyl sites for hydroxylation is 2. The van der Waals surface area contributed by atoms with Gasteiger partial charge < -0.3 is 10.3 Å². The van der Waals surface area contributed by atoms with Gasteiger partial charge in [0.1, 0.15) is 10.7 Å². The van der Waals surface area contributed by atoms with Crippen molar-refractivity contribution in [3.8, 4) is 0 Å². The molecule has 1 aliphatic carbocycles. The summed E-state index contributed by atoms with van der Waals surface area (Å²) < 4.78 is 0. The molecule has 0 saturated heterocycles. The fourth-order valence-corrected chi connectivity index (χ4v) is 4.62. The molecule has 6 heteroatoms. The van der Waals surface area contributed by atoms with Gasteiger partial charge in [0, 0.05) is 6.04 Å². The molecule has 2 heterocycles. The Balaban J connectivity index is 1.91. The minimum atomic E-state index is -0.167. The maximum Gasteiger partial charge on any atom is 0.261 e. The van der Waals surface area contributed by atoms with Crippen LogP contribution < -0.4 is 10.9 Å². The van der Waals surface area contributed by atoms with Crippen molar-refractivity contribution in [2.24, 2.45) is 11.8 Å². The van der Waals surface area contributed by atoms with Crippen molar-refractivity contribution >= 4 is 27.5 Å². The van der Waals surface area contributed by atoms with Crippen LogP contribution >= 0.6 is 11.3 Å². The lowest BCUT2D eigenvalue weighted by molar-refractivity contribution is 0.0895. The number of carbonyl (C=O) groups excluding carboxylic acids is 1. The summed E-state index contributed by atoms with van der Waals surface area (Å²) >= 11 is 1.31. The van der Waals surface area contributed by atoms with Gasteiger partial charge in [0.25, 0.3) is 11.5 Å². The predicted octanol–water partition coefficient (Wildman–Crippen LogP) is 3.16. The Morgan fingerprint density at radius 3 is 2.78 bits per heavy atom. The number of aromatic nitrogens is 2. The predicted molar refractivity (Wildman–Crippen MR) is 93.1 cm³/mol. The van der Waals surface area contributed by atoms with E-state index < -0.39 is 0 Å². The molecule has 23 heavy (non-hydrogen) atoms. The van der Waals surface area contributed by atoms with Gasteiger partial charge in [-0.2, -0.15) is 0 Å². The fourth-order valence-electron chi connectivity index (χ4n) is 3.49. The highest BCUT2D eigenvalue weighted by molar-refractivity contribution is 7.20. The zero-order valence-corrected chi connectivity index (χ0v) is 14.8. The number of fused-ring (bicyclic) bond motifs is 1. The molecule has 1 amide bonds. The first-order chi connectivity index (χ1) is 10.9. The lowest BCUT2D eigenvalue weighted by Gasteiger charge is -2.34. The van der Waals surface area contributed by atoms with E-state index in [1.165, 1.54) is 17.8 Å². The maximum atomic E-state index is 12.7. The van der Waals surface area contributed by atoms with E-state index >= 15 is 0 Å². The largest absolute Gasteiger partial charge is 0.348 e. The molecule has 0 spiro atoms. The standard InChI is InChI=1S/C17H23N3O2S/c1-8-6-5-7-12(9(8)2)20-16(22)14-10(3)13-15(21)18-11(4)19-17(13)23-14/h8-9,12H,5-7H2,1-4H3,(H,20,22)(H,18,19,21). The number of carbonyl (C=O) groups is 1. The van der Waals surface area contributed by atoms with E-state index in [4.69, 9.17) is 0 Å². The van der Waals surface area contributed by atoms with Crippen molar-refractivity contribution in [2.75, 3.05) is 0 Å². The topological polar surface area (TPSA) is 74.8 Å². The first kappa shape index (κ1) is 16.2. The molecule has 2 N–H and O–H groups in total. The van der Waals surface area contributed by atoms with Gasteiger partial charge in [-0.25, -0.2) is 4.98 Å². The Morgan fingerprint density at radius 1 is 1.30 bits per heavy atom. The van der Waals surface area contributed by atoms with Crippen molar-refractivity contribution in [1.82, 2.24) is 15.3 Å². The summed E-state index contributed by atoms with van der Waals surface area (Å²) in [6.45, 7) is 8.04. The van der Waals surface area contributed by atoms with Crippen LogP contribution in [0.4, 0.5) is 0 Å². The van der Waals surface area contributed by atoms with Crippen LogP contribution in [0.2, 0.25) is 0 Å². The van der Waals surface area contributed by atoms with Crippen LogP contribution in [0, 0.1) is 25.7 Å². The number of aromatic amines is 1. The van der Waals surface area contributed by atoms with Gasteiger partial charge in [0.15, 0.2) is 0 Å². The number of nitrogens with one attached hydrogen (secondary N) is 2. The summed E-state index contributed by atoms with van der Waals surface area (Å²) in [5.41, 5.74) is 0.563. The van der Waals surface area contributed by atoms with E-state index in [0.717, 1.165) is 18.4 Å². The van der Waals surface area contributed by atoms with Crippen LogP contribution in [0.3, 0.4) is 0 Å². The van der Waals surface area contributed by atoms with Crippen molar-refractivity contribution < 1.29 is 4.79 Å². The number of nitrogens with zero attached hydrogens (tertiary/aromatic N) is 1. The highest BCUT2D eigenvalue weighted by Crippen LogP contribution is 2.31. The molecule has 0 radical (unpaired) electrons. The van der Waals surface area contributed by atoms with Crippen LogP contribution in [-0.4, -0.2) is 21.9 Å². The van der Waals surface area contributed by atoms with E-state index in [9.17, 15) is 9.59 Å². The van der Waals surface area contributed by atoms with Gasteiger partial charge in [-0.3, -0.25) is 9.59 Å². The third-order valence-corrected chi connectivity index (χ3v) is 6.33. The summed E-state index contributed by atoms with van der Waals surface area (Å²) in [6.07, 6.45) is 3.41. The second kappa shape index (κ2) is 6.07. The van der Waals surface area contributed by atoms with Crippen LogP contribution in [0.5, 0.6) is 0 Å². The van der Waals surface area contributed by atoms with Crippen molar-refractivity contribution in [3.63, 3.8) is 0 Å². The zero-order valence-electron chi connectivity index (χ0n) is 14.0. The van der Waals surface area contributed by atoms with Gasteiger partial charge in [-0.05, 0) is 37.7 Å². The van der Waals surface area contributed by atoms with Crippen molar-refractivity contribution in [2.45, 2.75) is 53.0 Å². The summed E-state index contributed by atoms with van der Waals surface area (Å²) in [6, 6.07) is 0.212. The van der Waals surface area contributed by atoms with E-state index in [1.807, 2.05) is 6.92 Å². The van der Waals surface area contributed by atoms with E-state index in [2.05, 4.69) is 29.1 Å². The number of hydrogen-bond donors (Lipinski definition) is 2. The second-order valence-electron chi connectivity index (χ2n) is 6.73. The molecule has 5 nitrogen and oxygen atoms in total. The van der Waals surface area contributed by atoms with Crippen LogP contribution in [-0.2, 0) is 0 Å². The maximum absolute atomic E-state index is 12.7. The van der Waals surface area contributed by atoms with Gasteiger partial charge in [0.05, 0.1) is 10.3 Å². The average Bonchev–Trinajstić information content (AvgIpc) is 2.81. The average molecular weight is 333 g/mol. The minimum Gasteiger partial charge on any atom is -0.348 e. The highest BCUT2D eigenvalue weighted by Gasteiger charge is 2.29. The van der Waals surface area contributed by atoms with E-state index in [0.29, 0.717) is 32.8 Å². The number of H-pyrrole nitrogens is 1. The molecule has 2 aromatic heterocycles. The molecule has 0 bridgehead atoms.